The molecule has 1 saturated carbocycles. The van der Waals surface area contributed by atoms with Gasteiger partial charge in [-0.05, 0) is 109 Å². The summed E-state index contributed by atoms with van der Waals surface area (Å²) in [5.74, 6) is -6.78. The van der Waals surface area contributed by atoms with Crippen molar-refractivity contribution in [1.29, 1.82) is 5.41 Å². The fourth-order valence-electron chi connectivity index (χ4n) is 9.29. The molecule has 3 fully saturated rings. The summed E-state index contributed by atoms with van der Waals surface area (Å²) in [5.41, 5.74) is 2.19. The average molecular weight is 787 g/mol. The second kappa shape index (κ2) is 20.8. The Balaban J connectivity index is 1.78. The summed E-state index contributed by atoms with van der Waals surface area (Å²) in [4.78, 5) is 43.9. The van der Waals surface area contributed by atoms with Gasteiger partial charge in [-0.3, -0.25) is 9.59 Å². The molecule has 1 amide bonds. The van der Waals surface area contributed by atoms with Crippen molar-refractivity contribution in [2.75, 3.05) is 20.8 Å². The minimum atomic E-state index is -2.48. The number of nitrogens with one attached hydrogen (secondary N) is 1. The number of ether oxygens (including phenoxy) is 4. The molecule has 2 bridgehead atoms. The predicted octanol–water partition coefficient (Wildman–Crippen LogP) is 5.85. The molecule has 3 aliphatic heterocycles. The van der Waals surface area contributed by atoms with Gasteiger partial charge in [0.05, 0.1) is 24.4 Å². The lowest BCUT2D eigenvalue weighted by Gasteiger charge is -2.47. The summed E-state index contributed by atoms with van der Waals surface area (Å²) in [5, 5.41) is 43.1. The summed E-state index contributed by atoms with van der Waals surface area (Å²) in [6.07, 6.45) is 10.4. The molecule has 4 N–H and O–H groups in total. The molecular weight excluding hydrogens is 716 g/mol. The zero-order valence-corrected chi connectivity index (χ0v) is 35.1. The van der Waals surface area contributed by atoms with Gasteiger partial charge in [0.1, 0.15) is 18.2 Å². The second-order valence-electron chi connectivity index (χ2n) is 17.3. The molecule has 0 aromatic carbocycles. The van der Waals surface area contributed by atoms with E-state index < -0.39 is 71.8 Å². The fraction of sp³-hybridized carbons (Fsp3) is 0.773. The van der Waals surface area contributed by atoms with Crippen molar-refractivity contribution in [2.45, 2.75) is 167 Å². The third-order valence-electron chi connectivity index (χ3n) is 12.8. The van der Waals surface area contributed by atoms with Crippen molar-refractivity contribution in [1.82, 2.24) is 4.90 Å². The number of rotatable bonds is 6. The largest absolute Gasteiger partial charge is 0.456 e. The Labute approximate surface area is 334 Å². The first-order chi connectivity index (χ1) is 26.5. The smallest absolute Gasteiger partial charge is 0.329 e. The molecule has 1 aliphatic carbocycles. The number of Topliss-reactive ketones (excluding diaryl/α,β-unsaturated/α-hetero) is 1. The number of ketones is 1. The summed E-state index contributed by atoms with van der Waals surface area (Å²) in [7, 11) is 3.10. The Bertz CT molecular complexity index is 1450. The zero-order chi connectivity index (χ0) is 41.3. The number of piperidine rings is 1. The number of aliphatic hydroxyl groups excluding tert-OH is 2. The maximum Gasteiger partial charge on any atom is 0.329 e. The van der Waals surface area contributed by atoms with Crippen LogP contribution in [0.1, 0.15) is 119 Å². The number of fused-ring (bicyclic) bond motifs is 3. The van der Waals surface area contributed by atoms with E-state index >= 15 is 0 Å². The van der Waals surface area contributed by atoms with Gasteiger partial charge < -0.3 is 44.6 Å². The van der Waals surface area contributed by atoms with Gasteiger partial charge in [0.2, 0.25) is 5.79 Å². The van der Waals surface area contributed by atoms with Crippen molar-refractivity contribution in [3.05, 3.63) is 35.5 Å². The van der Waals surface area contributed by atoms with Crippen LogP contribution in [-0.4, -0.2) is 113 Å². The third kappa shape index (κ3) is 11.3. The van der Waals surface area contributed by atoms with Crippen LogP contribution in [0.5, 0.6) is 0 Å². The average Bonchev–Trinajstić information content (AvgIpc) is 3.17. The van der Waals surface area contributed by atoms with Gasteiger partial charge in [-0.1, -0.05) is 50.6 Å². The van der Waals surface area contributed by atoms with Crippen molar-refractivity contribution in [2.24, 2.45) is 29.6 Å². The van der Waals surface area contributed by atoms with Gasteiger partial charge in [0.25, 0.3) is 11.7 Å². The standard InChI is InChI=1S/C44H70N2O10/c1-9-10-13-32-21-26(2)20-27(3)22-37(53-7)40-38(54-8)24-29(5)44(52,56-40)41(49)42(50)46-19-12-11-14-35(46)43(51)55-39(30(6)36(48)25-34(32)45)28(4)23-31-15-17-33(47)18-16-31/h9-10,21,23,27,29-33,35-40,45,47-48,52H,11-20,22,24-25H2,1-8H3/b10-9+,26-21+,28-23+,45-34?/t27-,29+,30+,31-,32+,33-,35-,36-,37-,38-,39+,40+,44+/m0/s1. The van der Waals surface area contributed by atoms with E-state index in [1.807, 2.05) is 39.8 Å². The highest BCUT2D eigenvalue weighted by Crippen LogP contribution is 2.39. The van der Waals surface area contributed by atoms with E-state index in [2.05, 4.69) is 19.1 Å². The zero-order valence-electron chi connectivity index (χ0n) is 35.1. The number of hydrogen-bond donors (Lipinski definition) is 4. The van der Waals surface area contributed by atoms with Crippen LogP contribution >= 0.6 is 0 Å². The number of carbonyl (C=O) groups excluding carboxylic acids is 3. The molecule has 0 radical (unpaired) electrons. The number of esters is 1. The van der Waals surface area contributed by atoms with E-state index in [4.69, 9.17) is 18.9 Å². The Morgan fingerprint density at radius 2 is 1.66 bits per heavy atom. The third-order valence-corrected chi connectivity index (χ3v) is 12.8. The van der Waals surface area contributed by atoms with Crippen LogP contribution < -0.4 is 0 Å². The Hall–Kier alpha value is -2.74. The molecule has 4 rings (SSSR count). The van der Waals surface area contributed by atoms with E-state index in [-0.39, 0.29) is 49.7 Å². The van der Waals surface area contributed by atoms with Crippen LogP contribution in [0.15, 0.2) is 35.5 Å². The maximum absolute atomic E-state index is 14.3. The Kier molecular flexibility index (Phi) is 17.1. The summed E-state index contributed by atoms with van der Waals surface area (Å²) < 4.78 is 24.3. The highest BCUT2D eigenvalue weighted by molar-refractivity contribution is 6.39. The van der Waals surface area contributed by atoms with Gasteiger partial charge in [-0.25, -0.2) is 4.79 Å². The summed E-state index contributed by atoms with van der Waals surface area (Å²) in [6, 6.07) is -1.09. The van der Waals surface area contributed by atoms with Crippen LogP contribution in [0, 0.1) is 35.0 Å². The molecule has 12 nitrogen and oxygen atoms in total. The molecule has 2 saturated heterocycles. The number of carbonyl (C=O) groups is 3. The fourth-order valence-corrected chi connectivity index (χ4v) is 9.29. The number of hydrogen-bond acceptors (Lipinski definition) is 11. The molecule has 4 aliphatic rings. The minimum absolute atomic E-state index is 0.0681. The van der Waals surface area contributed by atoms with E-state index in [0.717, 1.165) is 24.0 Å². The first-order valence-corrected chi connectivity index (χ1v) is 21.0. The molecule has 0 unspecified atom stereocenters. The molecule has 0 aromatic rings. The molecule has 316 valence electrons. The lowest BCUT2D eigenvalue weighted by atomic mass is 9.82. The van der Waals surface area contributed by atoms with Gasteiger partial charge >= 0.3 is 5.97 Å². The maximum atomic E-state index is 14.3. The molecule has 56 heavy (non-hydrogen) atoms. The highest BCUT2D eigenvalue weighted by atomic mass is 16.7. The number of amides is 1. The van der Waals surface area contributed by atoms with Crippen molar-refractivity contribution < 1.29 is 48.7 Å². The van der Waals surface area contributed by atoms with Crippen molar-refractivity contribution >= 4 is 23.4 Å². The lowest BCUT2D eigenvalue weighted by Crippen LogP contribution is -2.64. The van der Waals surface area contributed by atoms with Crippen LogP contribution in [0.3, 0.4) is 0 Å². The number of cyclic esters (lactones) is 1. The molecule has 0 spiro atoms. The van der Waals surface area contributed by atoms with Crippen LogP contribution in [-0.2, 0) is 33.3 Å². The first kappa shape index (κ1) is 46.0. The van der Waals surface area contributed by atoms with Gasteiger partial charge in [-0.15, -0.1) is 0 Å². The monoisotopic (exact) mass is 787 g/mol. The van der Waals surface area contributed by atoms with Gasteiger partial charge in [-0.2, -0.15) is 0 Å². The molecule has 3 heterocycles. The second-order valence-corrected chi connectivity index (χ2v) is 17.3. The van der Waals surface area contributed by atoms with E-state index in [1.165, 1.54) is 4.90 Å². The molecule has 11 atom stereocenters. The first-order valence-electron chi connectivity index (χ1n) is 21.0. The lowest BCUT2D eigenvalue weighted by molar-refractivity contribution is -0.302. The summed E-state index contributed by atoms with van der Waals surface area (Å²) >= 11 is 0. The van der Waals surface area contributed by atoms with Crippen molar-refractivity contribution in [3.8, 4) is 0 Å². The van der Waals surface area contributed by atoms with Crippen molar-refractivity contribution in [3.63, 3.8) is 0 Å². The quantitative estimate of drug-likeness (QED) is 0.145. The van der Waals surface area contributed by atoms with Gasteiger partial charge in [0, 0.05) is 50.7 Å². The molecular formula is C44H70N2O10. The van der Waals surface area contributed by atoms with E-state index in [0.29, 0.717) is 50.7 Å². The highest BCUT2D eigenvalue weighted by Gasteiger charge is 2.56. The van der Waals surface area contributed by atoms with E-state index in [1.54, 1.807) is 21.1 Å². The van der Waals surface area contributed by atoms with Crippen LogP contribution in [0.2, 0.25) is 0 Å². The number of aliphatic hydroxyl groups is 3. The number of allylic oxidation sites excluding steroid dienone is 5. The normalized spacial score (nSPS) is 40.4. The number of methoxy groups -OCH3 is 2. The van der Waals surface area contributed by atoms with Crippen LogP contribution in [0.4, 0.5) is 0 Å². The molecule has 0 aromatic heterocycles. The summed E-state index contributed by atoms with van der Waals surface area (Å²) in [6.45, 7) is 11.5. The van der Waals surface area contributed by atoms with E-state index in [9.17, 15) is 35.1 Å². The minimum Gasteiger partial charge on any atom is -0.456 e. The SMILES string of the molecule is C/C=C/C[C@@H]1/C=C(\C)C[C@H](C)C[C@H](OC)[C@H]2O[C@@](O)(C(=O)C(=O)N3CCCC[C@H]3C(=O)O[C@H](/C(C)=C/[C@H]3CC[C@H](O)CC3)[C@H](C)[C@@H](O)CC1=N)[C@H](C)C[C@@H]2OC. The van der Waals surface area contributed by atoms with Crippen LogP contribution in [0.25, 0.3) is 0 Å². The Morgan fingerprint density at radius 3 is 2.30 bits per heavy atom. The predicted molar refractivity (Wildman–Crippen MR) is 214 cm³/mol. The Morgan fingerprint density at radius 1 is 1.00 bits per heavy atom. The molecule has 12 heteroatoms. The van der Waals surface area contributed by atoms with Gasteiger partial charge in [0.15, 0.2) is 0 Å². The number of nitrogens with zero attached hydrogens (tertiary/aromatic N) is 1. The topological polar surface area (TPSA) is 176 Å².